The van der Waals surface area contributed by atoms with Crippen molar-refractivity contribution in [2.75, 3.05) is 6.61 Å². The molecule has 0 bridgehead atoms. The largest absolute Gasteiger partial charge is 0.484 e. The Balaban J connectivity index is 1.87. The van der Waals surface area contributed by atoms with Gasteiger partial charge in [-0.25, -0.2) is 4.98 Å². The molecule has 146 valence electrons. The van der Waals surface area contributed by atoms with Crippen LogP contribution in [0.4, 0.5) is 0 Å². The molecule has 0 fully saturated rings. The molecular formula is C21H22ClN3O3. The van der Waals surface area contributed by atoms with E-state index in [-0.39, 0.29) is 23.6 Å². The minimum absolute atomic E-state index is 0.0971. The van der Waals surface area contributed by atoms with Crippen molar-refractivity contribution in [1.82, 2.24) is 15.3 Å². The van der Waals surface area contributed by atoms with Crippen LogP contribution in [0.2, 0.25) is 5.02 Å². The van der Waals surface area contributed by atoms with Crippen molar-refractivity contribution in [3.05, 3.63) is 57.3 Å². The fourth-order valence-electron chi connectivity index (χ4n) is 2.84. The van der Waals surface area contributed by atoms with E-state index in [1.54, 1.807) is 37.3 Å². The number of aryl methyl sites for hydroxylation is 1. The molecule has 0 atom stereocenters. The average Bonchev–Trinajstić information content (AvgIpc) is 2.61. The lowest BCUT2D eigenvalue weighted by Crippen LogP contribution is -2.43. The number of aromatic amines is 1. The fraction of sp³-hybridized carbons (Fsp3) is 0.286. The Morgan fingerprint density at radius 1 is 1.25 bits per heavy atom. The van der Waals surface area contributed by atoms with Crippen LogP contribution in [0, 0.1) is 6.92 Å². The Morgan fingerprint density at radius 2 is 2.00 bits per heavy atom. The number of nitrogens with zero attached hydrogens (tertiary/aromatic N) is 1. The number of fused-ring (bicyclic) bond motifs is 1. The zero-order chi connectivity index (χ0) is 20.5. The van der Waals surface area contributed by atoms with E-state index in [4.69, 9.17) is 16.3 Å². The summed E-state index contributed by atoms with van der Waals surface area (Å²) in [5.74, 6) is 0.725. The van der Waals surface area contributed by atoms with E-state index in [0.717, 1.165) is 0 Å². The van der Waals surface area contributed by atoms with E-state index in [1.165, 1.54) is 0 Å². The van der Waals surface area contributed by atoms with Gasteiger partial charge in [0.25, 0.3) is 11.5 Å². The Morgan fingerprint density at radius 3 is 2.71 bits per heavy atom. The molecule has 3 rings (SSSR count). The molecule has 1 amide bonds. The summed E-state index contributed by atoms with van der Waals surface area (Å²) >= 11 is 6.11. The number of carbonyl (C=O) groups is 1. The van der Waals surface area contributed by atoms with Crippen LogP contribution in [0.3, 0.4) is 0 Å². The van der Waals surface area contributed by atoms with Gasteiger partial charge in [-0.15, -0.1) is 0 Å². The molecule has 2 aromatic carbocycles. The number of aromatic nitrogens is 2. The predicted octanol–water partition coefficient (Wildman–Crippen LogP) is 3.85. The van der Waals surface area contributed by atoms with Gasteiger partial charge in [0.05, 0.1) is 10.9 Å². The zero-order valence-corrected chi connectivity index (χ0v) is 17.0. The summed E-state index contributed by atoms with van der Waals surface area (Å²) in [6.07, 6.45) is 0. The number of hydrogen-bond acceptors (Lipinski definition) is 4. The lowest BCUT2D eigenvalue weighted by molar-refractivity contribution is -0.124. The molecule has 2 N–H and O–H groups in total. The summed E-state index contributed by atoms with van der Waals surface area (Å²) in [4.78, 5) is 31.8. The molecule has 3 aromatic rings. The van der Waals surface area contributed by atoms with E-state index in [9.17, 15) is 9.59 Å². The first-order valence-electron chi connectivity index (χ1n) is 8.87. The zero-order valence-electron chi connectivity index (χ0n) is 16.2. The topological polar surface area (TPSA) is 84.1 Å². The second-order valence-electron chi connectivity index (χ2n) is 7.60. The SMILES string of the molecule is Cc1c(Cl)ccc2nc(-c3cccc(OCC(=O)NC(C)(C)C)c3)[nH]c(=O)c12. The van der Waals surface area contributed by atoms with E-state index in [2.05, 4.69) is 15.3 Å². The first-order chi connectivity index (χ1) is 13.1. The van der Waals surface area contributed by atoms with Crippen molar-refractivity contribution in [2.24, 2.45) is 0 Å². The second-order valence-corrected chi connectivity index (χ2v) is 8.00. The monoisotopic (exact) mass is 399 g/mol. The number of carbonyl (C=O) groups excluding carboxylic acids is 1. The van der Waals surface area contributed by atoms with Gasteiger partial charge in [-0.1, -0.05) is 23.7 Å². The molecule has 0 aliphatic rings. The van der Waals surface area contributed by atoms with Gasteiger partial charge in [0, 0.05) is 16.1 Å². The van der Waals surface area contributed by atoms with Gasteiger partial charge in [0.15, 0.2) is 6.61 Å². The van der Waals surface area contributed by atoms with Gasteiger partial charge in [-0.05, 0) is 57.5 Å². The molecule has 0 spiro atoms. The van der Waals surface area contributed by atoms with Crippen molar-refractivity contribution in [1.29, 1.82) is 0 Å². The number of H-pyrrole nitrogens is 1. The third-order valence-corrected chi connectivity index (χ3v) is 4.47. The Labute approximate surface area is 167 Å². The van der Waals surface area contributed by atoms with E-state index >= 15 is 0 Å². The van der Waals surface area contributed by atoms with Gasteiger partial charge < -0.3 is 15.0 Å². The predicted molar refractivity (Wildman–Crippen MR) is 111 cm³/mol. The molecular weight excluding hydrogens is 378 g/mol. The number of nitrogens with one attached hydrogen (secondary N) is 2. The van der Waals surface area contributed by atoms with Crippen LogP contribution in [0.5, 0.6) is 5.75 Å². The van der Waals surface area contributed by atoms with Crippen LogP contribution >= 0.6 is 11.6 Å². The maximum atomic E-state index is 12.5. The molecule has 7 heteroatoms. The highest BCUT2D eigenvalue weighted by Crippen LogP contribution is 2.25. The third-order valence-electron chi connectivity index (χ3n) is 4.06. The summed E-state index contributed by atoms with van der Waals surface area (Å²) < 4.78 is 5.58. The maximum Gasteiger partial charge on any atom is 0.259 e. The number of halogens is 1. The van der Waals surface area contributed by atoms with Crippen molar-refractivity contribution in [2.45, 2.75) is 33.2 Å². The molecule has 6 nitrogen and oxygen atoms in total. The molecule has 0 saturated carbocycles. The number of benzene rings is 2. The average molecular weight is 400 g/mol. The molecule has 1 aromatic heterocycles. The smallest absolute Gasteiger partial charge is 0.259 e. The highest BCUT2D eigenvalue weighted by Gasteiger charge is 2.14. The maximum absolute atomic E-state index is 12.5. The van der Waals surface area contributed by atoms with Crippen molar-refractivity contribution >= 4 is 28.4 Å². The van der Waals surface area contributed by atoms with Crippen LogP contribution in [-0.4, -0.2) is 28.0 Å². The van der Waals surface area contributed by atoms with Gasteiger partial charge in [0.1, 0.15) is 11.6 Å². The van der Waals surface area contributed by atoms with Crippen molar-refractivity contribution < 1.29 is 9.53 Å². The van der Waals surface area contributed by atoms with Crippen LogP contribution in [0.1, 0.15) is 26.3 Å². The highest BCUT2D eigenvalue weighted by molar-refractivity contribution is 6.32. The third kappa shape index (κ3) is 4.51. The Hall–Kier alpha value is -2.86. The lowest BCUT2D eigenvalue weighted by Gasteiger charge is -2.20. The summed E-state index contributed by atoms with van der Waals surface area (Å²) in [6, 6.07) is 10.5. The number of rotatable bonds is 4. The minimum atomic E-state index is -0.322. The quantitative estimate of drug-likeness (QED) is 0.698. The van der Waals surface area contributed by atoms with Gasteiger partial charge >= 0.3 is 0 Å². The lowest BCUT2D eigenvalue weighted by atomic mass is 10.1. The van der Waals surface area contributed by atoms with Gasteiger partial charge in [-0.2, -0.15) is 0 Å². The molecule has 0 saturated heterocycles. The minimum Gasteiger partial charge on any atom is -0.484 e. The number of amides is 1. The van der Waals surface area contributed by atoms with Crippen LogP contribution in [0.15, 0.2) is 41.2 Å². The summed E-state index contributed by atoms with van der Waals surface area (Å²) in [5, 5.41) is 3.84. The second kappa shape index (κ2) is 7.64. The Bertz CT molecular complexity index is 1100. The normalized spacial score (nSPS) is 11.5. The van der Waals surface area contributed by atoms with Crippen molar-refractivity contribution in [3.63, 3.8) is 0 Å². The van der Waals surface area contributed by atoms with E-state index < -0.39 is 0 Å². The number of hydrogen-bond donors (Lipinski definition) is 2. The molecule has 0 unspecified atom stereocenters. The standard InChI is InChI=1S/C21H22ClN3O3/c1-12-15(22)8-9-16-18(12)20(27)24-19(23-16)13-6-5-7-14(10-13)28-11-17(26)25-21(2,3)4/h5-10H,11H2,1-4H3,(H,25,26)(H,23,24,27). The first-order valence-corrected chi connectivity index (χ1v) is 9.25. The molecule has 0 aliphatic heterocycles. The first kappa shape index (κ1) is 19.9. The van der Waals surface area contributed by atoms with Crippen LogP contribution in [-0.2, 0) is 4.79 Å². The van der Waals surface area contributed by atoms with Crippen LogP contribution in [0.25, 0.3) is 22.3 Å². The molecule has 28 heavy (non-hydrogen) atoms. The van der Waals surface area contributed by atoms with Gasteiger partial charge in [-0.3, -0.25) is 9.59 Å². The van der Waals surface area contributed by atoms with E-state index in [1.807, 2.05) is 26.8 Å². The summed E-state index contributed by atoms with van der Waals surface area (Å²) in [7, 11) is 0. The van der Waals surface area contributed by atoms with Crippen LogP contribution < -0.4 is 15.6 Å². The fourth-order valence-corrected chi connectivity index (χ4v) is 3.00. The molecule has 0 aliphatic carbocycles. The highest BCUT2D eigenvalue weighted by atomic mass is 35.5. The van der Waals surface area contributed by atoms with Crippen molar-refractivity contribution in [3.8, 4) is 17.1 Å². The molecule has 0 radical (unpaired) electrons. The van der Waals surface area contributed by atoms with E-state index in [0.29, 0.717) is 38.6 Å². The van der Waals surface area contributed by atoms with Gasteiger partial charge in [0.2, 0.25) is 0 Å². The summed E-state index contributed by atoms with van der Waals surface area (Å²) in [5.41, 5.74) is 1.37. The Kier molecular flexibility index (Phi) is 5.42. The molecule has 1 heterocycles. The summed E-state index contributed by atoms with van der Waals surface area (Å²) in [6.45, 7) is 7.41. The number of ether oxygens (including phenoxy) is 1.